The SMILES string of the molecule is Cc1cc(OC[C@H](O)C[NH+]2CCN(c3ccccc3O)CC2)c(C(C)C)cc1Cl. The molecule has 1 heterocycles. The number of halogens is 1. The van der Waals surface area contributed by atoms with Crippen molar-refractivity contribution < 1.29 is 19.8 Å². The number of benzene rings is 2. The van der Waals surface area contributed by atoms with Crippen LogP contribution in [0.15, 0.2) is 36.4 Å². The molecule has 0 bridgehead atoms. The molecule has 0 amide bonds. The molecular formula is C23H32ClN2O3+. The number of nitrogens with one attached hydrogen (secondary N) is 1. The van der Waals surface area contributed by atoms with Gasteiger partial charge in [0.1, 0.15) is 30.8 Å². The highest BCUT2D eigenvalue weighted by molar-refractivity contribution is 6.31. The molecule has 3 N–H and O–H groups in total. The number of para-hydroxylation sites is 2. The molecule has 5 nitrogen and oxygen atoms in total. The minimum absolute atomic E-state index is 0.271. The van der Waals surface area contributed by atoms with E-state index in [1.54, 1.807) is 6.07 Å². The number of aliphatic hydroxyl groups excluding tert-OH is 1. The van der Waals surface area contributed by atoms with Crippen LogP contribution in [-0.4, -0.2) is 55.6 Å². The largest absolute Gasteiger partial charge is 0.506 e. The first-order valence-corrected chi connectivity index (χ1v) is 10.7. The molecule has 1 atom stereocenters. The zero-order valence-corrected chi connectivity index (χ0v) is 18.2. The number of piperazine rings is 1. The van der Waals surface area contributed by atoms with E-state index < -0.39 is 6.10 Å². The summed E-state index contributed by atoms with van der Waals surface area (Å²) in [5.74, 6) is 1.43. The number of nitrogens with zero attached hydrogens (tertiary/aromatic N) is 1. The fraction of sp³-hybridized carbons (Fsp3) is 0.478. The molecular weight excluding hydrogens is 388 g/mol. The van der Waals surface area contributed by atoms with Gasteiger partial charge in [0.2, 0.25) is 0 Å². The first-order chi connectivity index (χ1) is 13.8. The lowest BCUT2D eigenvalue weighted by Gasteiger charge is -2.34. The van der Waals surface area contributed by atoms with Crippen LogP contribution in [0.3, 0.4) is 0 Å². The Morgan fingerprint density at radius 3 is 2.52 bits per heavy atom. The minimum Gasteiger partial charge on any atom is -0.506 e. The number of hydrogen-bond acceptors (Lipinski definition) is 4. The molecule has 158 valence electrons. The fourth-order valence-corrected chi connectivity index (χ4v) is 4.00. The van der Waals surface area contributed by atoms with Crippen molar-refractivity contribution in [3.8, 4) is 11.5 Å². The molecule has 29 heavy (non-hydrogen) atoms. The lowest BCUT2D eigenvalue weighted by atomic mass is 10.0. The van der Waals surface area contributed by atoms with E-state index in [-0.39, 0.29) is 6.61 Å². The van der Waals surface area contributed by atoms with Gasteiger partial charge in [0.05, 0.1) is 31.9 Å². The molecule has 1 aliphatic rings. The number of aromatic hydroxyl groups is 1. The summed E-state index contributed by atoms with van der Waals surface area (Å²) in [5.41, 5.74) is 2.93. The summed E-state index contributed by atoms with van der Waals surface area (Å²) in [7, 11) is 0. The van der Waals surface area contributed by atoms with Crippen molar-refractivity contribution in [1.82, 2.24) is 0 Å². The molecule has 1 saturated heterocycles. The maximum atomic E-state index is 10.5. The van der Waals surface area contributed by atoms with Crippen molar-refractivity contribution in [3.05, 3.63) is 52.5 Å². The number of phenols is 1. The van der Waals surface area contributed by atoms with Gasteiger partial charge >= 0.3 is 0 Å². The van der Waals surface area contributed by atoms with Gasteiger partial charge in [0.15, 0.2) is 0 Å². The van der Waals surface area contributed by atoms with E-state index in [0.29, 0.717) is 18.2 Å². The third-order valence-electron chi connectivity index (χ3n) is 5.56. The lowest BCUT2D eigenvalue weighted by Crippen LogP contribution is -3.16. The van der Waals surface area contributed by atoms with Crippen molar-refractivity contribution >= 4 is 17.3 Å². The zero-order chi connectivity index (χ0) is 21.0. The summed E-state index contributed by atoms with van der Waals surface area (Å²) < 4.78 is 5.98. The van der Waals surface area contributed by atoms with E-state index in [9.17, 15) is 10.2 Å². The van der Waals surface area contributed by atoms with Gasteiger partial charge < -0.3 is 24.7 Å². The molecule has 1 fully saturated rings. The van der Waals surface area contributed by atoms with Crippen LogP contribution in [0.5, 0.6) is 11.5 Å². The van der Waals surface area contributed by atoms with E-state index in [0.717, 1.165) is 53.8 Å². The standard InChI is InChI=1S/C23H31ClN2O3/c1-16(2)19-13-20(24)17(3)12-23(19)29-15-18(27)14-25-8-10-26(11-9-25)21-6-4-5-7-22(21)28/h4-7,12-13,16,18,27-28H,8-11,14-15H2,1-3H3/p+1/t18-/m1/s1. The Morgan fingerprint density at radius 1 is 1.17 bits per heavy atom. The molecule has 2 aromatic carbocycles. The summed E-state index contributed by atoms with van der Waals surface area (Å²) in [6.07, 6.45) is -0.530. The summed E-state index contributed by atoms with van der Waals surface area (Å²) in [6, 6.07) is 11.4. The highest BCUT2D eigenvalue weighted by Crippen LogP contribution is 2.32. The summed E-state index contributed by atoms with van der Waals surface area (Å²) in [5, 5.41) is 21.3. The predicted octanol–water partition coefficient (Wildman–Crippen LogP) is 2.62. The van der Waals surface area contributed by atoms with Crippen LogP contribution in [0.4, 0.5) is 5.69 Å². The van der Waals surface area contributed by atoms with E-state index in [4.69, 9.17) is 16.3 Å². The highest BCUT2D eigenvalue weighted by Gasteiger charge is 2.24. The number of aryl methyl sites for hydroxylation is 1. The molecule has 0 saturated carbocycles. The fourth-order valence-electron chi connectivity index (χ4n) is 3.82. The second kappa shape index (κ2) is 9.70. The Kier molecular flexibility index (Phi) is 7.28. The van der Waals surface area contributed by atoms with Crippen molar-refractivity contribution in [3.63, 3.8) is 0 Å². The number of phenolic OH excluding ortho intramolecular Hbond substituents is 1. The summed E-state index contributed by atoms with van der Waals surface area (Å²) in [4.78, 5) is 3.55. The van der Waals surface area contributed by atoms with Crippen LogP contribution in [0, 0.1) is 6.92 Å². The Labute approximate surface area is 178 Å². The summed E-state index contributed by atoms with van der Waals surface area (Å²) in [6.45, 7) is 10.7. The molecule has 3 rings (SSSR count). The molecule has 0 unspecified atom stereocenters. The number of anilines is 1. The second-order valence-electron chi connectivity index (χ2n) is 8.19. The van der Waals surface area contributed by atoms with Crippen LogP contribution in [-0.2, 0) is 0 Å². The van der Waals surface area contributed by atoms with Gasteiger partial charge in [-0.05, 0) is 48.2 Å². The topological polar surface area (TPSA) is 57.4 Å². The van der Waals surface area contributed by atoms with Gasteiger partial charge in [-0.3, -0.25) is 0 Å². The van der Waals surface area contributed by atoms with Gasteiger partial charge in [0, 0.05) is 5.02 Å². The quantitative estimate of drug-likeness (QED) is 0.645. The Hall–Kier alpha value is -1.95. The molecule has 2 aromatic rings. The normalized spacial score (nSPS) is 16.3. The smallest absolute Gasteiger partial charge is 0.138 e. The molecule has 6 heteroatoms. The Morgan fingerprint density at radius 2 is 1.86 bits per heavy atom. The summed E-state index contributed by atoms with van der Waals surface area (Å²) >= 11 is 6.26. The molecule has 0 aliphatic carbocycles. The van der Waals surface area contributed by atoms with Crippen LogP contribution in [0.2, 0.25) is 5.02 Å². The zero-order valence-electron chi connectivity index (χ0n) is 17.5. The van der Waals surface area contributed by atoms with E-state index in [1.165, 1.54) is 4.90 Å². The number of rotatable bonds is 7. The number of hydrogen-bond donors (Lipinski definition) is 3. The highest BCUT2D eigenvalue weighted by atomic mass is 35.5. The van der Waals surface area contributed by atoms with Gasteiger partial charge in [-0.2, -0.15) is 0 Å². The van der Waals surface area contributed by atoms with Crippen LogP contribution in [0.25, 0.3) is 0 Å². The van der Waals surface area contributed by atoms with Crippen molar-refractivity contribution in [2.75, 3.05) is 44.2 Å². The molecule has 1 aliphatic heterocycles. The van der Waals surface area contributed by atoms with Crippen molar-refractivity contribution in [1.29, 1.82) is 0 Å². The van der Waals surface area contributed by atoms with Gasteiger partial charge in [-0.25, -0.2) is 0 Å². The van der Waals surface area contributed by atoms with Gasteiger partial charge in [-0.1, -0.05) is 37.6 Å². The van der Waals surface area contributed by atoms with E-state index >= 15 is 0 Å². The first kappa shape index (κ1) is 21.8. The van der Waals surface area contributed by atoms with E-state index in [2.05, 4.69) is 18.7 Å². The third kappa shape index (κ3) is 5.56. The van der Waals surface area contributed by atoms with Crippen LogP contribution >= 0.6 is 11.6 Å². The van der Waals surface area contributed by atoms with Crippen molar-refractivity contribution in [2.24, 2.45) is 0 Å². The predicted molar refractivity (Wildman–Crippen MR) is 118 cm³/mol. The van der Waals surface area contributed by atoms with Crippen LogP contribution < -0.4 is 14.5 Å². The third-order valence-corrected chi connectivity index (χ3v) is 5.97. The molecule has 0 aromatic heterocycles. The van der Waals surface area contributed by atoms with Crippen molar-refractivity contribution in [2.45, 2.75) is 32.8 Å². The average Bonchev–Trinajstić information content (AvgIpc) is 2.69. The maximum absolute atomic E-state index is 10.5. The van der Waals surface area contributed by atoms with Crippen LogP contribution in [0.1, 0.15) is 30.9 Å². The Bertz CT molecular complexity index is 820. The lowest BCUT2D eigenvalue weighted by molar-refractivity contribution is -0.903. The molecule has 0 spiro atoms. The minimum atomic E-state index is -0.530. The Balaban J connectivity index is 1.50. The first-order valence-electron chi connectivity index (χ1n) is 10.3. The second-order valence-corrected chi connectivity index (χ2v) is 8.60. The average molecular weight is 420 g/mol. The monoisotopic (exact) mass is 419 g/mol. The van der Waals surface area contributed by atoms with Gasteiger partial charge in [-0.15, -0.1) is 0 Å². The van der Waals surface area contributed by atoms with Gasteiger partial charge in [0.25, 0.3) is 0 Å². The number of quaternary nitrogens is 1. The number of aliphatic hydroxyl groups is 1. The maximum Gasteiger partial charge on any atom is 0.138 e. The molecule has 0 radical (unpaired) electrons. The van der Waals surface area contributed by atoms with E-state index in [1.807, 2.05) is 37.3 Å². The number of ether oxygens (including phenoxy) is 1.